The summed E-state index contributed by atoms with van der Waals surface area (Å²) in [7, 11) is 0. The third-order valence-electron chi connectivity index (χ3n) is 3.61. The molecule has 2 aliphatic rings. The average Bonchev–Trinajstić information content (AvgIpc) is 2.83. The van der Waals surface area contributed by atoms with Gasteiger partial charge < -0.3 is 0 Å². The monoisotopic (exact) mass is 264 g/mol. The lowest BCUT2D eigenvalue weighted by Gasteiger charge is -2.17. The highest BCUT2D eigenvalue weighted by atomic mass is 19.3. The van der Waals surface area contributed by atoms with Gasteiger partial charge in [-0.3, -0.25) is 4.68 Å². The minimum Gasteiger partial charge on any atom is -0.260 e. The Morgan fingerprint density at radius 3 is 2.44 bits per heavy atom. The average molecular weight is 264 g/mol. The molecule has 1 heterocycles. The third-order valence-corrected chi connectivity index (χ3v) is 3.61. The molecule has 2 aliphatic carbocycles. The van der Waals surface area contributed by atoms with Crippen molar-refractivity contribution in [1.82, 2.24) is 9.78 Å². The molecular weight excluding hydrogens is 248 g/mol. The number of hydrogen-bond acceptors (Lipinski definition) is 1. The highest BCUT2D eigenvalue weighted by molar-refractivity contribution is 5.46. The minimum absolute atomic E-state index is 0. The summed E-state index contributed by atoms with van der Waals surface area (Å²) in [5.41, 5.74) is -0.605. The molecule has 0 radical (unpaired) electrons. The molecule has 0 saturated heterocycles. The molecule has 2 nitrogen and oxygen atoms in total. The lowest BCUT2D eigenvalue weighted by molar-refractivity contribution is -0.0319. The zero-order valence-electron chi connectivity index (χ0n) is 9.42. The second kappa shape index (κ2) is 3.71. The van der Waals surface area contributed by atoms with Gasteiger partial charge in [0.25, 0.3) is 12.3 Å². The third kappa shape index (κ3) is 1.44. The molecule has 6 heteroatoms. The smallest absolute Gasteiger partial charge is 0.260 e. The molecule has 1 aromatic rings. The zero-order valence-corrected chi connectivity index (χ0v) is 9.42. The molecule has 2 atom stereocenters. The molecule has 3 rings (SSSR count). The first-order valence-corrected chi connectivity index (χ1v) is 5.64. The predicted octanol–water partition coefficient (Wildman–Crippen LogP) is 4.25. The van der Waals surface area contributed by atoms with E-state index in [1.807, 2.05) is 0 Å². The number of rotatable bonds is 2. The maximum absolute atomic E-state index is 14.0. The van der Waals surface area contributed by atoms with Crippen molar-refractivity contribution in [3.63, 3.8) is 0 Å². The Morgan fingerprint density at radius 2 is 1.94 bits per heavy atom. The van der Waals surface area contributed by atoms with E-state index in [2.05, 4.69) is 5.10 Å². The van der Waals surface area contributed by atoms with Crippen molar-refractivity contribution in [3.8, 4) is 0 Å². The summed E-state index contributed by atoms with van der Waals surface area (Å²) in [6, 6.07) is -0.334. The van der Waals surface area contributed by atoms with Crippen LogP contribution in [0.3, 0.4) is 0 Å². The number of fused-ring (bicyclic) bond motifs is 3. The molecule has 102 valence electrons. The molecule has 0 aromatic carbocycles. The summed E-state index contributed by atoms with van der Waals surface area (Å²) in [5.74, 6) is -4.18. The summed E-state index contributed by atoms with van der Waals surface area (Å²) >= 11 is 0. The van der Waals surface area contributed by atoms with Gasteiger partial charge in [-0.15, -0.1) is 0 Å². The van der Waals surface area contributed by atoms with Gasteiger partial charge in [0.1, 0.15) is 11.4 Å². The van der Waals surface area contributed by atoms with Crippen LogP contribution in [0.4, 0.5) is 17.6 Å². The Bertz CT molecular complexity index is 479. The maximum atomic E-state index is 14.0. The van der Waals surface area contributed by atoms with E-state index in [0.29, 0.717) is 6.42 Å². The Hall–Kier alpha value is -1.07. The van der Waals surface area contributed by atoms with Gasteiger partial charge in [-0.2, -0.15) is 13.9 Å². The Morgan fingerprint density at radius 1 is 1.33 bits per heavy atom. The van der Waals surface area contributed by atoms with Crippen LogP contribution < -0.4 is 0 Å². The van der Waals surface area contributed by atoms with Gasteiger partial charge >= 0.3 is 0 Å². The fourth-order valence-corrected chi connectivity index (χ4v) is 2.79. The van der Waals surface area contributed by atoms with Crippen LogP contribution in [0.15, 0.2) is 0 Å². The van der Waals surface area contributed by atoms with Crippen molar-refractivity contribution in [1.29, 1.82) is 0 Å². The fraction of sp³-hybridized carbons (Fsp3) is 0.750. The Kier molecular flexibility index (Phi) is 2.76. The second-order valence-corrected chi connectivity index (χ2v) is 5.06. The van der Waals surface area contributed by atoms with Crippen LogP contribution in [0.1, 0.15) is 63.0 Å². The first-order chi connectivity index (χ1) is 7.85. The lowest BCUT2D eigenvalue weighted by atomic mass is 10.1. The summed E-state index contributed by atoms with van der Waals surface area (Å²) < 4.78 is 54.6. The summed E-state index contributed by atoms with van der Waals surface area (Å²) in [6.45, 7) is 3.34. The normalized spacial score (nSPS) is 27.1. The zero-order chi connectivity index (χ0) is 12.5. The SMILES string of the molecule is C.CC(C)n1nc(C(F)F)c2c1C(F)(F)C1CC21. The maximum Gasteiger partial charge on any atom is 0.293 e. The van der Waals surface area contributed by atoms with Crippen molar-refractivity contribution in [2.24, 2.45) is 5.92 Å². The molecular formula is C12H16F4N2. The van der Waals surface area contributed by atoms with E-state index in [4.69, 9.17) is 0 Å². The van der Waals surface area contributed by atoms with Gasteiger partial charge in [-0.25, -0.2) is 8.78 Å². The molecule has 0 amide bonds. The van der Waals surface area contributed by atoms with Gasteiger partial charge in [0.05, 0.1) is 0 Å². The van der Waals surface area contributed by atoms with Crippen LogP contribution in [0, 0.1) is 5.92 Å². The number of hydrogen-bond donors (Lipinski definition) is 0. The van der Waals surface area contributed by atoms with E-state index in [1.54, 1.807) is 13.8 Å². The van der Waals surface area contributed by atoms with E-state index in [1.165, 1.54) is 0 Å². The van der Waals surface area contributed by atoms with Crippen LogP contribution >= 0.6 is 0 Å². The summed E-state index contributed by atoms with van der Waals surface area (Å²) in [4.78, 5) is 0. The van der Waals surface area contributed by atoms with Gasteiger partial charge in [0.2, 0.25) is 0 Å². The molecule has 1 saturated carbocycles. The van der Waals surface area contributed by atoms with E-state index in [0.717, 1.165) is 4.68 Å². The Balaban J connectivity index is 0.00000120. The summed E-state index contributed by atoms with van der Waals surface area (Å²) in [5, 5.41) is 3.69. The first-order valence-electron chi connectivity index (χ1n) is 5.64. The van der Waals surface area contributed by atoms with Crippen LogP contribution in [-0.4, -0.2) is 9.78 Å². The van der Waals surface area contributed by atoms with Crippen molar-refractivity contribution < 1.29 is 17.6 Å². The van der Waals surface area contributed by atoms with Gasteiger partial charge in [0.15, 0.2) is 0 Å². The molecule has 0 N–H and O–H groups in total. The second-order valence-electron chi connectivity index (χ2n) is 5.06. The fourth-order valence-electron chi connectivity index (χ4n) is 2.79. The first kappa shape index (κ1) is 13.4. The van der Waals surface area contributed by atoms with E-state index < -0.39 is 29.9 Å². The quantitative estimate of drug-likeness (QED) is 0.730. The van der Waals surface area contributed by atoms with E-state index >= 15 is 0 Å². The van der Waals surface area contributed by atoms with Crippen LogP contribution in [0.5, 0.6) is 0 Å². The minimum atomic E-state index is -3.00. The highest BCUT2D eigenvalue weighted by Crippen LogP contribution is 2.68. The van der Waals surface area contributed by atoms with Crippen molar-refractivity contribution in [3.05, 3.63) is 17.0 Å². The van der Waals surface area contributed by atoms with Crippen molar-refractivity contribution in [2.75, 3.05) is 0 Å². The van der Waals surface area contributed by atoms with Gasteiger partial charge in [0, 0.05) is 17.5 Å². The topological polar surface area (TPSA) is 17.8 Å². The molecule has 0 spiro atoms. The van der Waals surface area contributed by atoms with E-state index in [-0.39, 0.29) is 24.7 Å². The predicted molar refractivity (Wildman–Crippen MR) is 59.0 cm³/mol. The van der Waals surface area contributed by atoms with Crippen molar-refractivity contribution >= 4 is 0 Å². The molecule has 0 bridgehead atoms. The number of nitrogens with zero attached hydrogens (tertiary/aromatic N) is 2. The van der Waals surface area contributed by atoms with Gasteiger partial charge in [-0.1, -0.05) is 7.43 Å². The summed E-state index contributed by atoms with van der Waals surface area (Å²) in [6.07, 6.45) is -2.47. The number of halogens is 4. The lowest BCUT2D eigenvalue weighted by Crippen LogP contribution is -2.21. The number of alkyl halides is 4. The number of aromatic nitrogens is 2. The molecule has 1 fully saturated rings. The van der Waals surface area contributed by atoms with Crippen LogP contribution in [0.25, 0.3) is 0 Å². The molecule has 18 heavy (non-hydrogen) atoms. The molecule has 1 aromatic heterocycles. The highest BCUT2D eigenvalue weighted by Gasteiger charge is 2.67. The van der Waals surface area contributed by atoms with Crippen LogP contribution in [0.2, 0.25) is 0 Å². The standard InChI is InChI=1S/C11H12F4N2.CH4/c1-4(2)17-9-7(8(16-17)10(12)13)5-3-6(5)11(9,14)15;/h4-6,10H,3H2,1-2H3;1H4. The van der Waals surface area contributed by atoms with E-state index in [9.17, 15) is 17.6 Å². The van der Waals surface area contributed by atoms with Crippen LogP contribution in [-0.2, 0) is 5.92 Å². The molecule has 0 aliphatic heterocycles. The largest absolute Gasteiger partial charge is 0.293 e. The van der Waals surface area contributed by atoms with Gasteiger partial charge in [-0.05, 0) is 26.2 Å². The Labute approximate surface area is 103 Å². The molecule has 2 unspecified atom stereocenters. The van der Waals surface area contributed by atoms with Crippen molar-refractivity contribution in [2.45, 2.75) is 52.0 Å².